The Balaban J connectivity index is 2.16. The van der Waals surface area contributed by atoms with Crippen LogP contribution in [0.25, 0.3) is 16.3 Å². The van der Waals surface area contributed by atoms with E-state index in [9.17, 15) is 0 Å². The number of thiophene rings is 1. The van der Waals surface area contributed by atoms with Crippen LogP contribution in [-0.2, 0) is 6.42 Å². The van der Waals surface area contributed by atoms with Gasteiger partial charge in [-0.05, 0) is 54.7 Å². The van der Waals surface area contributed by atoms with Crippen molar-refractivity contribution in [2.75, 3.05) is 6.54 Å². The zero-order valence-corrected chi connectivity index (χ0v) is 13.3. The predicted molar refractivity (Wildman–Crippen MR) is 89.4 cm³/mol. The molecule has 2 N–H and O–H groups in total. The number of halogens is 1. The lowest BCUT2D eigenvalue weighted by Gasteiger charge is -2.09. The fraction of sp³-hybridized carbons (Fsp3) is 0.188. The maximum Gasteiger partial charge on any atom is 0.0843 e. The lowest BCUT2D eigenvalue weighted by atomic mass is 10.2. The Kier molecular flexibility index (Phi) is 4.10. The van der Waals surface area contributed by atoms with Gasteiger partial charge in [-0.1, -0.05) is 17.7 Å². The van der Waals surface area contributed by atoms with E-state index < -0.39 is 0 Å². The van der Waals surface area contributed by atoms with E-state index in [0.29, 0.717) is 6.54 Å². The Bertz CT molecular complexity index is 747. The molecule has 0 atom stereocenters. The van der Waals surface area contributed by atoms with E-state index in [1.54, 1.807) is 11.3 Å². The van der Waals surface area contributed by atoms with Gasteiger partial charge < -0.3 is 5.73 Å². The van der Waals surface area contributed by atoms with Crippen molar-refractivity contribution in [3.63, 3.8) is 0 Å². The summed E-state index contributed by atoms with van der Waals surface area (Å²) in [6, 6.07) is 12.1. The topological polar surface area (TPSA) is 43.8 Å². The SMILES string of the molecule is Cc1cc(Cl)ccc1-n1nc(CCN)cc1-c1cccs1. The highest BCUT2D eigenvalue weighted by atomic mass is 35.5. The third-order valence-corrected chi connectivity index (χ3v) is 4.45. The van der Waals surface area contributed by atoms with E-state index in [0.717, 1.165) is 34.1 Å². The molecule has 0 amide bonds. The minimum Gasteiger partial charge on any atom is -0.330 e. The summed E-state index contributed by atoms with van der Waals surface area (Å²) >= 11 is 7.76. The second-order valence-corrected chi connectivity index (χ2v) is 6.26. The maximum absolute atomic E-state index is 6.05. The Morgan fingerprint density at radius 1 is 1.29 bits per heavy atom. The predicted octanol–water partition coefficient (Wildman–Crippen LogP) is 4.06. The van der Waals surface area contributed by atoms with Gasteiger partial charge in [0.1, 0.15) is 0 Å². The lowest BCUT2D eigenvalue weighted by Crippen LogP contribution is -2.05. The van der Waals surface area contributed by atoms with E-state index in [1.807, 2.05) is 29.8 Å². The molecule has 0 radical (unpaired) electrons. The molecule has 3 aromatic rings. The summed E-state index contributed by atoms with van der Waals surface area (Å²) in [4.78, 5) is 1.19. The summed E-state index contributed by atoms with van der Waals surface area (Å²) in [7, 11) is 0. The van der Waals surface area contributed by atoms with E-state index in [-0.39, 0.29) is 0 Å². The minimum atomic E-state index is 0.598. The van der Waals surface area contributed by atoms with Crippen LogP contribution < -0.4 is 5.73 Å². The van der Waals surface area contributed by atoms with Crippen LogP contribution in [0.4, 0.5) is 0 Å². The van der Waals surface area contributed by atoms with Gasteiger partial charge in [0, 0.05) is 11.4 Å². The van der Waals surface area contributed by atoms with Gasteiger partial charge in [0.15, 0.2) is 0 Å². The molecule has 108 valence electrons. The third-order valence-electron chi connectivity index (χ3n) is 3.32. The molecular weight excluding hydrogens is 302 g/mol. The normalized spacial score (nSPS) is 11.0. The standard InChI is InChI=1S/C16H16ClN3S/c1-11-9-12(17)4-5-14(11)20-15(16-3-2-8-21-16)10-13(19-20)6-7-18/h2-5,8-10H,6-7,18H2,1H3. The zero-order chi connectivity index (χ0) is 14.8. The molecule has 0 aliphatic heterocycles. The molecule has 3 rings (SSSR count). The van der Waals surface area contributed by atoms with Gasteiger partial charge >= 0.3 is 0 Å². The molecule has 0 bridgehead atoms. The molecule has 0 saturated carbocycles. The molecule has 0 aliphatic rings. The first-order chi connectivity index (χ1) is 10.2. The summed E-state index contributed by atoms with van der Waals surface area (Å²) in [5.74, 6) is 0. The van der Waals surface area contributed by atoms with Gasteiger partial charge in [0.05, 0.1) is 22.0 Å². The number of aryl methyl sites for hydroxylation is 1. The van der Waals surface area contributed by atoms with Crippen LogP contribution in [0.5, 0.6) is 0 Å². The number of nitrogens with two attached hydrogens (primary N) is 1. The molecule has 3 nitrogen and oxygen atoms in total. The highest BCUT2D eigenvalue weighted by Crippen LogP contribution is 2.29. The molecule has 1 aromatic carbocycles. The second-order valence-electron chi connectivity index (χ2n) is 4.88. The molecule has 2 heterocycles. The Labute approximate surface area is 133 Å². The van der Waals surface area contributed by atoms with Gasteiger partial charge in [0.25, 0.3) is 0 Å². The van der Waals surface area contributed by atoms with Crippen molar-refractivity contribution in [2.45, 2.75) is 13.3 Å². The summed E-state index contributed by atoms with van der Waals surface area (Å²) in [5.41, 5.74) is 9.92. The second kappa shape index (κ2) is 6.02. The van der Waals surface area contributed by atoms with Crippen molar-refractivity contribution in [1.29, 1.82) is 0 Å². The third kappa shape index (κ3) is 2.88. The average molecular weight is 318 g/mol. The van der Waals surface area contributed by atoms with E-state index in [2.05, 4.69) is 23.6 Å². The maximum atomic E-state index is 6.05. The number of rotatable bonds is 4. The van der Waals surface area contributed by atoms with Crippen molar-refractivity contribution in [3.05, 3.63) is 58.1 Å². The first-order valence-corrected chi connectivity index (χ1v) is 8.04. The monoisotopic (exact) mass is 317 g/mol. The van der Waals surface area contributed by atoms with E-state index in [4.69, 9.17) is 22.4 Å². The number of hydrogen-bond donors (Lipinski definition) is 1. The zero-order valence-electron chi connectivity index (χ0n) is 11.7. The van der Waals surface area contributed by atoms with Gasteiger partial charge in [-0.25, -0.2) is 4.68 Å². The number of aromatic nitrogens is 2. The Hall–Kier alpha value is -1.62. The molecule has 5 heteroatoms. The van der Waals surface area contributed by atoms with Crippen LogP contribution in [0.3, 0.4) is 0 Å². The van der Waals surface area contributed by atoms with Gasteiger partial charge in [0.2, 0.25) is 0 Å². The highest BCUT2D eigenvalue weighted by molar-refractivity contribution is 7.13. The van der Waals surface area contributed by atoms with Crippen LogP contribution >= 0.6 is 22.9 Å². The van der Waals surface area contributed by atoms with Crippen molar-refractivity contribution in [1.82, 2.24) is 9.78 Å². The molecule has 0 saturated heterocycles. The van der Waals surface area contributed by atoms with Crippen molar-refractivity contribution < 1.29 is 0 Å². The van der Waals surface area contributed by atoms with Gasteiger partial charge in [-0.15, -0.1) is 11.3 Å². The van der Waals surface area contributed by atoms with E-state index >= 15 is 0 Å². The number of benzene rings is 1. The molecular formula is C16H16ClN3S. The van der Waals surface area contributed by atoms with Crippen LogP contribution in [0.2, 0.25) is 5.02 Å². The summed E-state index contributed by atoms with van der Waals surface area (Å²) in [5, 5.41) is 7.53. The fourth-order valence-corrected chi connectivity index (χ4v) is 3.29. The summed E-state index contributed by atoms with van der Waals surface area (Å²) in [6.07, 6.45) is 0.776. The van der Waals surface area contributed by atoms with Crippen molar-refractivity contribution >= 4 is 22.9 Å². The summed E-state index contributed by atoms with van der Waals surface area (Å²) < 4.78 is 1.99. The molecule has 0 aliphatic carbocycles. The largest absolute Gasteiger partial charge is 0.330 e. The first-order valence-electron chi connectivity index (χ1n) is 6.78. The number of hydrogen-bond acceptors (Lipinski definition) is 3. The van der Waals surface area contributed by atoms with E-state index in [1.165, 1.54) is 4.88 Å². The fourth-order valence-electron chi connectivity index (χ4n) is 2.34. The van der Waals surface area contributed by atoms with Gasteiger partial charge in [-0.2, -0.15) is 5.10 Å². The summed E-state index contributed by atoms with van der Waals surface area (Å²) in [6.45, 7) is 2.64. The average Bonchev–Trinajstić information content (AvgIpc) is 3.08. The molecule has 0 fully saturated rings. The Morgan fingerprint density at radius 2 is 2.14 bits per heavy atom. The minimum absolute atomic E-state index is 0.598. The molecule has 2 aromatic heterocycles. The molecule has 21 heavy (non-hydrogen) atoms. The Morgan fingerprint density at radius 3 is 2.81 bits per heavy atom. The smallest absolute Gasteiger partial charge is 0.0843 e. The van der Waals surface area contributed by atoms with Crippen LogP contribution in [-0.4, -0.2) is 16.3 Å². The van der Waals surface area contributed by atoms with Crippen molar-refractivity contribution in [2.24, 2.45) is 5.73 Å². The van der Waals surface area contributed by atoms with Crippen LogP contribution in [0, 0.1) is 6.92 Å². The van der Waals surface area contributed by atoms with Gasteiger partial charge in [-0.3, -0.25) is 0 Å². The first kappa shape index (κ1) is 14.3. The number of nitrogens with zero attached hydrogens (tertiary/aromatic N) is 2. The molecule has 0 spiro atoms. The van der Waals surface area contributed by atoms with Crippen molar-refractivity contribution in [3.8, 4) is 16.3 Å². The quantitative estimate of drug-likeness (QED) is 0.788. The van der Waals surface area contributed by atoms with Crippen LogP contribution in [0.1, 0.15) is 11.3 Å². The lowest BCUT2D eigenvalue weighted by molar-refractivity contribution is 0.822. The molecule has 0 unspecified atom stereocenters. The van der Waals surface area contributed by atoms with Crippen LogP contribution in [0.15, 0.2) is 41.8 Å². The highest BCUT2D eigenvalue weighted by Gasteiger charge is 2.13.